The van der Waals surface area contributed by atoms with E-state index in [1.165, 1.54) is 6.20 Å². The Morgan fingerprint density at radius 1 is 0.900 bits per heavy atom. The number of alkyl halides is 3. The largest absolute Gasteiger partial charge is 0.413 e. The van der Waals surface area contributed by atoms with Gasteiger partial charge in [-0.05, 0) is 24.1 Å². The number of benzene rings is 1. The minimum absolute atomic E-state index is 0.237. The summed E-state index contributed by atoms with van der Waals surface area (Å²) >= 11 is 0. The second-order valence-corrected chi connectivity index (χ2v) is 4.77. The van der Waals surface area contributed by atoms with Gasteiger partial charge in [-0.15, -0.1) is 0 Å². The van der Waals surface area contributed by atoms with Crippen molar-refractivity contribution < 1.29 is 13.2 Å². The summed E-state index contributed by atoms with van der Waals surface area (Å²) in [5.74, 6) is 0. The first-order valence-corrected chi connectivity index (χ1v) is 6.15. The van der Waals surface area contributed by atoms with Gasteiger partial charge >= 0.3 is 6.18 Å². The molecule has 0 atom stereocenters. The fourth-order valence-electron chi connectivity index (χ4n) is 2.03. The molecule has 1 aliphatic rings. The van der Waals surface area contributed by atoms with E-state index in [0.29, 0.717) is 5.56 Å². The lowest BCUT2D eigenvalue weighted by atomic mass is 10.1. The van der Waals surface area contributed by atoms with Crippen molar-refractivity contribution in [2.75, 3.05) is 0 Å². The quantitative estimate of drug-likeness (QED) is 0.780. The summed E-state index contributed by atoms with van der Waals surface area (Å²) < 4.78 is 37.3. The van der Waals surface area contributed by atoms with E-state index in [-0.39, 0.29) is 5.57 Å². The highest BCUT2D eigenvalue weighted by molar-refractivity contribution is 5.93. The summed E-state index contributed by atoms with van der Waals surface area (Å²) in [6, 6.07) is 11.3. The molecule has 2 aromatic rings. The number of aromatic nitrogens is 1. The van der Waals surface area contributed by atoms with E-state index >= 15 is 0 Å². The summed E-state index contributed by atoms with van der Waals surface area (Å²) in [5.41, 5.74) is 3.05. The van der Waals surface area contributed by atoms with Crippen LogP contribution < -0.4 is 0 Å². The Balaban J connectivity index is 1.86. The lowest BCUT2D eigenvalue weighted by Crippen LogP contribution is -2.03. The van der Waals surface area contributed by atoms with Gasteiger partial charge in [0.25, 0.3) is 0 Å². The fourth-order valence-corrected chi connectivity index (χ4v) is 2.03. The maximum Gasteiger partial charge on any atom is 0.413 e. The average Bonchev–Trinajstić information content (AvgIpc) is 3.20. The average molecular weight is 274 g/mol. The highest BCUT2D eigenvalue weighted by Gasteiger charge is 2.45. The Hall–Kier alpha value is -2.10. The monoisotopic (exact) mass is 274 g/mol. The molecule has 101 valence electrons. The molecule has 1 aliphatic carbocycles. The zero-order valence-corrected chi connectivity index (χ0v) is 10.7. The predicted molar refractivity (Wildman–Crippen MR) is 71.7 cm³/mol. The molecule has 0 saturated heterocycles. The van der Waals surface area contributed by atoms with E-state index < -0.39 is 11.7 Å². The van der Waals surface area contributed by atoms with Crippen LogP contribution in [-0.4, -0.2) is 11.2 Å². The zero-order valence-electron chi connectivity index (χ0n) is 10.7. The van der Waals surface area contributed by atoms with Crippen LogP contribution in [0.25, 0.3) is 16.8 Å². The molecule has 0 spiro atoms. The third-order valence-electron chi connectivity index (χ3n) is 3.22. The first-order chi connectivity index (χ1) is 9.45. The summed E-state index contributed by atoms with van der Waals surface area (Å²) in [6.45, 7) is 1.99. The minimum Gasteiger partial charge on any atom is -0.256 e. The molecule has 0 fully saturated rings. The molecular weight excluding hydrogens is 263 g/mol. The van der Waals surface area contributed by atoms with Crippen molar-refractivity contribution >= 4 is 5.57 Å². The van der Waals surface area contributed by atoms with Gasteiger partial charge < -0.3 is 0 Å². The van der Waals surface area contributed by atoms with Gasteiger partial charge in [0.1, 0.15) is 0 Å². The third kappa shape index (κ3) is 2.46. The Labute approximate surface area is 114 Å². The molecule has 0 bridgehead atoms. The highest BCUT2D eigenvalue weighted by Crippen LogP contribution is 2.48. The van der Waals surface area contributed by atoms with Crippen LogP contribution in [-0.2, 0) is 0 Å². The van der Waals surface area contributed by atoms with Gasteiger partial charge in [-0.25, -0.2) is 0 Å². The van der Waals surface area contributed by atoms with Crippen LogP contribution in [0.4, 0.5) is 13.2 Å². The van der Waals surface area contributed by atoms with Crippen molar-refractivity contribution in [1.29, 1.82) is 0 Å². The Bertz CT molecular complexity index is 664. The molecule has 0 unspecified atom stereocenters. The fraction of sp³-hybridized carbons (Fsp3) is 0.125. The molecule has 1 aromatic heterocycles. The number of pyridine rings is 1. The van der Waals surface area contributed by atoms with E-state index in [0.717, 1.165) is 23.2 Å². The summed E-state index contributed by atoms with van der Waals surface area (Å²) in [7, 11) is 0. The molecule has 3 rings (SSSR count). The molecule has 0 N–H and O–H groups in total. The second-order valence-electron chi connectivity index (χ2n) is 4.77. The van der Waals surface area contributed by atoms with Gasteiger partial charge in [-0.3, -0.25) is 4.98 Å². The molecular formula is C16H11F3N. The predicted octanol–water partition coefficient (Wildman–Crippen LogP) is 4.59. The maximum atomic E-state index is 12.4. The third-order valence-corrected chi connectivity index (χ3v) is 3.22. The Morgan fingerprint density at radius 2 is 1.55 bits per heavy atom. The van der Waals surface area contributed by atoms with Crippen LogP contribution in [0.15, 0.2) is 48.2 Å². The molecule has 1 radical (unpaired) electrons. The van der Waals surface area contributed by atoms with Gasteiger partial charge in [0.15, 0.2) is 0 Å². The van der Waals surface area contributed by atoms with Crippen molar-refractivity contribution in [1.82, 2.24) is 4.98 Å². The lowest BCUT2D eigenvalue weighted by Gasteiger charge is -2.02. The van der Waals surface area contributed by atoms with Crippen LogP contribution in [0.2, 0.25) is 0 Å². The molecule has 4 heteroatoms. The molecule has 1 heterocycles. The van der Waals surface area contributed by atoms with Gasteiger partial charge in [0, 0.05) is 23.8 Å². The molecule has 0 aliphatic heterocycles. The number of hydrogen-bond donors (Lipinski definition) is 0. The normalized spacial score (nSPS) is 14.6. The molecule has 1 nitrogen and oxygen atoms in total. The summed E-state index contributed by atoms with van der Waals surface area (Å²) in [6.07, 6.45) is -1.63. The number of rotatable bonds is 2. The van der Waals surface area contributed by atoms with Crippen molar-refractivity contribution in [3.8, 4) is 11.3 Å². The topological polar surface area (TPSA) is 12.9 Å². The standard InChI is InChI=1S/C16H11F3N/c1-10-2-4-11(5-3-10)15-7-6-12(9-20-15)13-8-14(13)16(17,18)19/h2-9H,1H3. The van der Waals surface area contributed by atoms with E-state index in [1.807, 2.05) is 31.2 Å². The number of hydrogen-bond acceptors (Lipinski definition) is 1. The van der Waals surface area contributed by atoms with Crippen molar-refractivity contribution in [3.63, 3.8) is 0 Å². The van der Waals surface area contributed by atoms with Crippen LogP contribution in [0.1, 0.15) is 11.1 Å². The van der Waals surface area contributed by atoms with Gasteiger partial charge in [-0.2, -0.15) is 13.2 Å². The van der Waals surface area contributed by atoms with E-state index in [9.17, 15) is 13.2 Å². The van der Waals surface area contributed by atoms with Crippen molar-refractivity contribution in [2.45, 2.75) is 13.1 Å². The van der Waals surface area contributed by atoms with Crippen LogP contribution >= 0.6 is 0 Å². The maximum absolute atomic E-state index is 12.4. The zero-order chi connectivity index (χ0) is 14.3. The molecule has 0 saturated carbocycles. The van der Waals surface area contributed by atoms with E-state index in [1.54, 1.807) is 12.1 Å². The Morgan fingerprint density at radius 3 is 2.05 bits per heavy atom. The molecule has 1 aromatic carbocycles. The number of allylic oxidation sites excluding steroid dienone is 2. The number of halogens is 3. The van der Waals surface area contributed by atoms with Crippen molar-refractivity contribution in [2.24, 2.45) is 0 Å². The molecule has 0 amide bonds. The van der Waals surface area contributed by atoms with Gasteiger partial charge in [0.2, 0.25) is 0 Å². The Kier molecular flexibility index (Phi) is 2.89. The second kappa shape index (κ2) is 4.47. The number of nitrogens with zero attached hydrogens (tertiary/aromatic N) is 1. The number of aryl methyl sites for hydroxylation is 1. The smallest absolute Gasteiger partial charge is 0.256 e. The van der Waals surface area contributed by atoms with E-state index in [2.05, 4.69) is 4.98 Å². The van der Waals surface area contributed by atoms with Crippen molar-refractivity contribution in [3.05, 3.63) is 65.7 Å². The van der Waals surface area contributed by atoms with Gasteiger partial charge in [0.05, 0.1) is 5.69 Å². The highest BCUT2D eigenvalue weighted by atomic mass is 19.4. The summed E-state index contributed by atoms with van der Waals surface area (Å²) in [4.78, 5) is 4.23. The van der Waals surface area contributed by atoms with Crippen LogP contribution in [0.3, 0.4) is 0 Å². The first-order valence-electron chi connectivity index (χ1n) is 6.15. The van der Waals surface area contributed by atoms with E-state index in [4.69, 9.17) is 0 Å². The van der Waals surface area contributed by atoms with Crippen LogP contribution in [0.5, 0.6) is 0 Å². The van der Waals surface area contributed by atoms with Crippen LogP contribution in [0, 0.1) is 13.3 Å². The SMILES string of the molecule is Cc1ccc(-c2ccc(C3=C(C(F)(F)F)[CH]3)cn2)cc1. The minimum atomic E-state index is -4.26. The lowest BCUT2D eigenvalue weighted by molar-refractivity contribution is -0.0852. The first kappa shape index (κ1) is 12.9. The summed E-state index contributed by atoms with van der Waals surface area (Å²) in [5, 5.41) is 0. The molecule has 20 heavy (non-hydrogen) atoms. The van der Waals surface area contributed by atoms with Gasteiger partial charge in [-0.1, -0.05) is 35.9 Å².